The molecule has 124 valence electrons. The Kier molecular flexibility index (Phi) is 4.53. The molecule has 0 unspecified atom stereocenters. The summed E-state index contributed by atoms with van der Waals surface area (Å²) in [6.07, 6.45) is 1.87. The van der Waals surface area contributed by atoms with E-state index in [0.717, 1.165) is 28.3 Å². The summed E-state index contributed by atoms with van der Waals surface area (Å²) in [6, 6.07) is 10.5. The van der Waals surface area contributed by atoms with Crippen LogP contribution in [0.4, 0.5) is 5.00 Å². The quantitative estimate of drug-likeness (QED) is 0.689. The molecule has 1 N–H and O–H groups in total. The van der Waals surface area contributed by atoms with Crippen molar-refractivity contribution in [3.05, 3.63) is 45.8 Å². The summed E-state index contributed by atoms with van der Waals surface area (Å²) in [5, 5.41) is 20.9. The number of aromatic nitrogens is 2. The first-order chi connectivity index (χ1) is 12.3. The molecule has 0 saturated carbocycles. The topological polar surface area (TPSA) is 78.7 Å². The van der Waals surface area contributed by atoms with Crippen molar-refractivity contribution in [3.63, 3.8) is 0 Å². The second-order valence-electron chi connectivity index (χ2n) is 5.41. The fraction of sp³-hybridized carbons (Fsp3) is 0.176. The van der Waals surface area contributed by atoms with Crippen LogP contribution in [0.3, 0.4) is 0 Å². The first-order valence-corrected chi connectivity index (χ1v) is 10.3. The van der Waals surface area contributed by atoms with Crippen LogP contribution in [0.15, 0.2) is 34.1 Å². The van der Waals surface area contributed by atoms with E-state index in [2.05, 4.69) is 33.7 Å². The number of rotatable bonds is 4. The molecule has 0 aliphatic heterocycles. The predicted octanol–water partition coefficient (Wildman–Crippen LogP) is 3.97. The van der Waals surface area contributed by atoms with E-state index in [9.17, 15) is 10.1 Å². The van der Waals surface area contributed by atoms with E-state index in [1.54, 1.807) is 5.51 Å². The number of thiophene rings is 1. The van der Waals surface area contributed by atoms with Crippen LogP contribution in [-0.4, -0.2) is 21.9 Å². The molecule has 2 aromatic heterocycles. The molecular weight excluding hydrogens is 372 g/mol. The maximum Gasteiger partial charge on any atom is 0.235 e. The number of aryl methyl sites for hydroxylation is 2. The van der Waals surface area contributed by atoms with Crippen LogP contribution in [0.25, 0.3) is 11.1 Å². The number of hydrogen-bond donors (Lipinski definition) is 1. The molecule has 3 aromatic rings. The molecule has 0 bridgehead atoms. The number of amides is 1. The molecule has 4 rings (SSSR count). The first kappa shape index (κ1) is 16.3. The molecule has 0 spiro atoms. The molecule has 25 heavy (non-hydrogen) atoms. The van der Waals surface area contributed by atoms with Gasteiger partial charge in [0, 0.05) is 10.4 Å². The molecule has 1 aromatic carbocycles. The van der Waals surface area contributed by atoms with Crippen LogP contribution in [0.2, 0.25) is 0 Å². The van der Waals surface area contributed by atoms with Crippen molar-refractivity contribution in [3.8, 4) is 17.2 Å². The fourth-order valence-electron chi connectivity index (χ4n) is 2.88. The Bertz CT molecular complexity index is 972. The summed E-state index contributed by atoms with van der Waals surface area (Å²) in [5.41, 5.74) is 5.57. The van der Waals surface area contributed by atoms with E-state index in [-0.39, 0.29) is 11.7 Å². The van der Waals surface area contributed by atoms with Gasteiger partial charge in [0.05, 0.1) is 11.3 Å². The zero-order valence-electron chi connectivity index (χ0n) is 13.0. The van der Waals surface area contributed by atoms with Crippen LogP contribution in [-0.2, 0) is 17.6 Å². The Morgan fingerprint density at radius 3 is 3.04 bits per heavy atom. The van der Waals surface area contributed by atoms with Crippen LogP contribution >= 0.6 is 34.4 Å². The number of nitrogens with one attached hydrogen (secondary N) is 1. The zero-order chi connectivity index (χ0) is 17.2. The van der Waals surface area contributed by atoms with Gasteiger partial charge in [-0.2, -0.15) is 5.26 Å². The maximum atomic E-state index is 12.3. The molecule has 0 radical (unpaired) electrons. The number of benzene rings is 1. The average molecular weight is 385 g/mol. The average Bonchev–Trinajstić information content (AvgIpc) is 3.27. The molecule has 8 heteroatoms. The lowest BCUT2D eigenvalue weighted by Crippen LogP contribution is -2.13. The summed E-state index contributed by atoms with van der Waals surface area (Å²) >= 11 is 4.26. The summed E-state index contributed by atoms with van der Waals surface area (Å²) < 4.78 is 0.759. The zero-order valence-corrected chi connectivity index (χ0v) is 15.4. The predicted molar refractivity (Wildman–Crippen MR) is 101 cm³/mol. The number of thioether (sulfide) groups is 1. The summed E-state index contributed by atoms with van der Waals surface area (Å²) in [6.45, 7) is 0. The Morgan fingerprint density at radius 1 is 1.36 bits per heavy atom. The SMILES string of the molecule is N#Cc1c(NC(=O)CSc2nncs2)sc2c1-c1ccccc1CC2. The third-order valence-corrected chi connectivity index (χ3v) is 6.95. The number of carbonyl (C=O) groups excluding carboxylic acids is 1. The smallest absolute Gasteiger partial charge is 0.235 e. The van der Waals surface area contributed by atoms with E-state index in [4.69, 9.17) is 0 Å². The monoisotopic (exact) mass is 384 g/mol. The third kappa shape index (κ3) is 3.18. The van der Waals surface area contributed by atoms with Crippen LogP contribution in [0, 0.1) is 11.3 Å². The number of nitriles is 1. The minimum atomic E-state index is -0.136. The van der Waals surface area contributed by atoms with Crippen molar-refractivity contribution >= 4 is 45.3 Å². The summed E-state index contributed by atoms with van der Waals surface area (Å²) in [5.74, 6) is 0.114. The minimum absolute atomic E-state index is 0.136. The second kappa shape index (κ2) is 6.96. The van der Waals surface area contributed by atoms with Crippen LogP contribution < -0.4 is 5.32 Å². The van der Waals surface area contributed by atoms with E-state index >= 15 is 0 Å². The van der Waals surface area contributed by atoms with E-state index in [1.807, 2.05) is 12.1 Å². The van der Waals surface area contributed by atoms with Crippen molar-refractivity contribution in [2.45, 2.75) is 17.2 Å². The van der Waals surface area contributed by atoms with Gasteiger partial charge in [-0.15, -0.1) is 21.5 Å². The van der Waals surface area contributed by atoms with Crippen molar-refractivity contribution < 1.29 is 4.79 Å². The highest BCUT2D eigenvalue weighted by molar-refractivity contribution is 8.01. The summed E-state index contributed by atoms with van der Waals surface area (Å²) in [4.78, 5) is 13.4. The lowest BCUT2D eigenvalue weighted by molar-refractivity contribution is -0.113. The molecule has 0 saturated heterocycles. The first-order valence-electron chi connectivity index (χ1n) is 7.59. The van der Waals surface area contributed by atoms with Gasteiger partial charge in [0.25, 0.3) is 0 Å². The maximum absolute atomic E-state index is 12.3. The molecule has 5 nitrogen and oxygen atoms in total. The molecule has 0 fully saturated rings. The van der Waals surface area contributed by atoms with Crippen LogP contribution in [0.5, 0.6) is 0 Å². The minimum Gasteiger partial charge on any atom is -0.316 e. The standard InChI is InChI=1S/C17H12N4OS3/c18-7-12-15-11-4-2-1-3-10(11)5-6-13(15)25-16(12)20-14(22)8-23-17-21-19-9-24-17/h1-4,9H,5-6,8H2,(H,20,22). The lowest BCUT2D eigenvalue weighted by Gasteiger charge is -2.16. The van der Waals surface area contributed by atoms with Crippen molar-refractivity contribution in [2.24, 2.45) is 0 Å². The number of fused-ring (bicyclic) bond motifs is 3. The van der Waals surface area contributed by atoms with E-state index < -0.39 is 0 Å². The Balaban J connectivity index is 1.59. The normalized spacial score (nSPS) is 12.1. The van der Waals surface area contributed by atoms with Gasteiger partial charge in [-0.05, 0) is 24.0 Å². The van der Waals surface area contributed by atoms with Crippen LogP contribution in [0.1, 0.15) is 16.0 Å². The lowest BCUT2D eigenvalue weighted by atomic mass is 9.88. The number of carbonyl (C=O) groups is 1. The molecule has 0 atom stereocenters. The highest BCUT2D eigenvalue weighted by atomic mass is 32.2. The molecule has 1 aliphatic rings. The van der Waals surface area contributed by atoms with Gasteiger partial charge in [0.2, 0.25) is 5.91 Å². The fourth-order valence-corrected chi connectivity index (χ4v) is 5.35. The molecule has 1 aliphatic carbocycles. The van der Waals surface area contributed by atoms with E-state index in [0.29, 0.717) is 10.6 Å². The van der Waals surface area contributed by atoms with E-state index in [1.165, 1.54) is 44.9 Å². The Labute approximate surface area is 156 Å². The molecule has 2 heterocycles. The highest BCUT2D eigenvalue weighted by Crippen LogP contribution is 2.44. The third-order valence-electron chi connectivity index (χ3n) is 3.92. The van der Waals surface area contributed by atoms with Crippen molar-refractivity contribution in [1.82, 2.24) is 10.2 Å². The number of nitrogens with zero attached hydrogens (tertiary/aromatic N) is 3. The summed E-state index contributed by atoms with van der Waals surface area (Å²) in [7, 11) is 0. The van der Waals surface area contributed by atoms with Gasteiger partial charge in [-0.3, -0.25) is 4.79 Å². The van der Waals surface area contributed by atoms with Gasteiger partial charge in [-0.1, -0.05) is 47.4 Å². The van der Waals surface area contributed by atoms with Gasteiger partial charge < -0.3 is 5.32 Å². The molecular formula is C17H12N4OS3. The van der Waals surface area contributed by atoms with Crippen molar-refractivity contribution in [2.75, 3.05) is 11.1 Å². The second-order valence-corrected chi connectivity index (χ2v) is 8.58. The van der Waals surface area contributed by atoms with Crippen molar-refractivity contribution in [1.29, 1.82) is 5.26 Å². The van der Waals surface area contributed by atoms with Gasteiger partial charge >= 0.3 is 0 Å². The van der Waals surface area contributed by atoms with Gasteiger partial charge in [-0.25, -0.2) is 0 Å². The highest BCUT2D eigenvalue weighted by Gasteiger charge is 2.25. The Morgan fingerprint density at radius 2 is 2.24 bits per heavy atom. The number of anilines is 1. The number of hydrogen-bond acceptors (Lipinski definition) is 7. The van der Waals surface area contributed by atoms with Gasteiger partial charge in [0.15, 0.2) is 4.34 Å². The largest absolute Gasteiger partial charge is 0.316 e. The van der Waals surface area contributed by atoms with Gasteiger partial charge in [0.1, 0.15) is 16.6 Å². The molecule has 1 amide bonds. The Hall–Kier alpha value is -2.21.